The van der Waals surface area contributed by atoms with Crippen molar-refractivity contribution in [3.05, 3.63) is 83.2 Å². The molecular formula is C25H25N3O3. The average Bonchev–Trinajstić information content (AvgIpc) is 3.11. The molecule has 0 aliphatic heterocycles. The SMILES string of the molecule is Cc1ccc(N(CCC#N)C(=O)COC(=O)c2ccc(-n3c(C)ccc3C)cc2)cc1. The second-order valence-electron chi connectivity index (χ2n) is 7.36. The monoisotopic (exact) mass is 415 g/mol. The van der Waals surface area contributed by atoms with Gasteiger partial charge in [0.15, 0.2) is 6.61 Å². The van der Waals surface area contributed by atoms with Crippen LogP contribution in [0.2, 0.25) is 0 Å². The zero-order chi connectivity index (χ0) is 22.4. The summed E-state index contributed by atoms with van der Waals surface area (Å²) in [4.78, 5) is 26.6. The number of hydrogen-bond donors (Lipinski definition) is 0. The third-order valence-electron chi connectivity index (χ3n) is 5.05. The molecule has 158 valence electrons. The number of anilines is 1. The number of aryl methyl sites for hydroxylation is 3. The van der Waals surface area contributed by atoms with Crippen LogP contribution in [0.5, 0.6) is 0 Å². The molecule has 0 saturated heterocycles. The van der Waals surface area contributed by atoms with Gasteiger partial charge in [-0.3, -0.25) is 4.79 Å². The number of hydrogen-bond acceptors (Lipinski definition) is 4. The van der Waals surface area contributed by atoms with Gasteiger partial charge < -0.3 is 14.2 Å². The number of ether oxygens (including phenoxy) is 1. The van der Waals surface area contributed by atoms with Gasteiger partial charge in [-0.15, -0.1) is 0 Å². The van der Waals surface area contributed by atoms with Gasteiger partial charge in [-0.2, -0.15) is 5.26 Å². The van der Waals surface area contributed by atoms with Crippen LogP contribution in [0.4, 0.5) is 5.69 Å². The highest BCUT2D eigenvalue weighted by atomic mass is 16.5. The number of carbonyl (C=O) groups excluding carboxylic acids is 2. The van der Waals surface area contributed by atoms with Gasteiger partial charge in [0.1, 0.15) is 0 Å². The summed E-state index contributed by atoms with van der Waals surface area (Å²) >= 11 is 0. The molecule has 0 saturated carbocycles. The molecule has 6 nitrogen and oxygen atoms in total. The Morgan fingerprint density at radius 1 is 0.935 bits per heavy atom. The van der Waals surface area contributed by atoms with Crippen molar-refractivity contribution in [1.82, 2.24) is 4.57 Å². The fourth-order valence-electron chi connectivity index (χ4n) is 3.40. The van der Waals surface area contributed by atoms with Crippen LogP contribution in [-0.4, -0.2) is 29.6 Å². The van der Waals surface area contributed by atoms with E-state index in [1.807, 2.05) is 75.4 Å². The van der Waals surface area contributed by atoms with Crippen molar-refractivity contribution in [2.45, 2.75) is 27.2 Å². The Bertz CT molecular complexity index is 1090. The van der Waals surface area contributed by atoms with Crippen LogP contribution in [0.1, 0.15) is 33.7 Å². The molecule has 0 N–H and O–H groups in total. The van der Waals surface area contributed by atoms with E-state index in [-0.39, 0.29) is 18.9 Å². The van der Waals surface area contributed by atoms with Crippen molar-refractivity contribution < 1.29 is 14.3 Å². The lowest BCUT2D eigenvalue weighted by atomic mass is 10.2. The lowest BCUT2D eigenvalue weighted by molar-refractivity contribution is -0.121. The minimum absolute atomic E-state index is 0.188. The molecule has 0 bridgehead atoms. The van der Waals surface area contributed by atoms with E-state index in [0.717, 1.165) is 22.6 Å². The van der Waals surface area contributed by atoms with Crippen molar-refractivity contribution in [2.75, 3.05) is 18.1 Å². The Morgan fingerprint density at radius 3 is 2.13 bits per heavy atom. The Balaban J connectivity index is 1.66. The van der Waals surface area contributed by atoms with E-state index < -0.39 is 12.6 Å². The van der Waals surface area contributed by atoms with Gasteiger partial charge in [0.2, 0.25) is 0 Å². The van der Waals surface area contributed by atoms with Crippen LogP contribution in [0.15, 0.2) is 60.7 Å². The second-order valence-corrected chi connectivity index (χ2v) is 7.36. The summed E-state index contributed by atoms with van der Waals surface area (Å²) < 4.78 is 7.34. The molecule has 0 radical (unpaired) electrons. The van der Waals surface area contributed by atoms with Crippen molar-refractivity contribution in [3.63, 3.8) is 0 Å². The van der Waals surface area contributed by atoms with E-state index in [2.05, 4.69) is 4.57 Å². The first-order chi connectivity index (χ1) is 14.9. The highest BCUT2D eigenvalue weighted by Crippen LogP contribution is 2.18. The Kier molecular flexibility index (Phi) is 6.88. The Hall–Kier alpha value is -3.85. The number of aromatic nitrogens is 1. The molecule has 1 aromatic heterocycles. The summed E-state index contributed by atoms with van der Waals surface area (Å²) in [5, 5.41) is 8.90. The number of amides is 1. The molecule has 0 fully saturated rings. The molecule has 3 rings (SSSR count). The van der Waals surface area contributed by atoms with Gasteiger partial charge in [0.25, 0.3) is 5.91 Å². The molecule has 2 aromatic carbocycles. The maximum Gasteiger partial charge on any atom is 0.338 e. The first-order valence-electron chi connectivity index (χ1n) is 10.1. The molecule has 0 unspecified atom stereocenters. The molecule has 6 heteroatoms. The van der Waals surface area contributed by atoms with Crippen molar-refractivity contribution in [2.24, 2.45) is 0 Å². The van der Waals surface area contributed by atoms with E-state index >= 15 is 0 Å². The van der Waals surface area contributed by atoms with Gasteiger partial charge in [-0.25, -0.2) is 4.79 Å². The van der Waals surface area contributed by atoms with Gasteiger partial charge in [0, 0.05) is 29.3 Å². The summed E-state index contributed by atoms with van der Waals surface area (Å²) in [6.07, 6.45) is 0.188. The quantitative estimate of drug-likeness (QED) is 0.532. The first-order valence-corrected chi connectivity index (χ1v) is 10.1. The third-order valence-corrected chi connectivity index (χ3v) is 5.05. The van der Waals surface area contributed by atoms with Gasteiger partial charge in [-0.1, -0.05) is 17.7 Å². The third kappa shape index (κ3) is 5.20. The molecule has 3 aromatic rings. The van der Waals surface area contributed by atoms with Gasteiger partial charge >= 0.3 is 5.97 Å². The molecule has 1 heterocycles. The molecule has 0 atom stereocenters. The summed E-state index contributed by atoms with van der Waals surface area (Å²) in [5.41, 5.74) is 5.27. The molecular weight excluding hydrogens is 390 g/mol. The van der Waals surface area contributed by atoms with Gasteiger partial charge in [-0.05, 0) is 69.3 Å². The van der Waals surface area contributed by atoms with E-state index in [1.165, 1.54) is 4.90 Å². The van der Waals surface area contributed by atoms with Gasteiger partial charge in [0.05, 0.1) is 18.1 Å². The summed E-state index contributed by atoms with van der Waals surface area (Å²) in [5.74, 6) is -0.937. The molecule has 0 aliphatic rings. The van der Waals surface area contributed by atoms with E-state index in [1.54, 1.807) is 12.1 Å². The normalized spacial score (nSPS) is 10.4. The number of carbonyl (C=O) groups is 2. The maximum absolute atomic E-state index is 12.7. The highest BCUT2D eigenvalue weighted by Gasteiger charge is 2.18. The van der Waals surface area contributed by atoms with Crippen LogP contribution < -0.4 is 4.90 Å². The fraction of sp³-hybridized carbons (Fsp3) is 0.240. The van der Waals surface area contributed by atoms with E-state index in [4.69, 9.17) is 10.00 Å². The van der Waals surface area contributed by atoms with Crippen molar-refractivity contribution >= 4 is 17.6 Å². The minimum atomic E-state index is -0.565. The van der Waals surface area contributed by atoms with Crippen molar-refractivity contribution in [3.8, 4) is 11.8 Å². The summed E-state index contributed by atoms with van der Waals surface area (Å²) in [6.45, 7) is 5.84. The summed E-state index contributed by atoms with van der Waals surface area (Å²) in [7, 11) is 0. The largest absolute Gasteiger partial charge is 0.452 e. The number of rotatable bonds is 7. The number of nitrogens with zero attached hydrogens (tertiary/aromatic N) is 3. The molecule has 1 amide bonds. The Morgan fingerprint density at radius 2 is 1.55 bits per heavy atom. The first kappa shape index (κ1) is 21.8. The van der Waals surface area contributed by atoms with Crippen LogP contribution in [-0.2, 0) is 9.53 Å². The van der Waals surface area contributed by atoms with Crippen LogP contribution >= 0.6 is 0 Å². The maximum atomic E-state index is 12.7. The lowest BCUT2D eigenvalue weighted by Crippen LogP contribution is -2.35. The smallest absolute Gasteiger partial charge is 0.338 e. The van der Waals surface area contributed by atoms with E-state index in [9.17, 15) is 9.59 Å². The van der Waals surface area contributed by atoms with E-state index in [0.29, 0.717) is 11.3 Å². The number of esters is 1. The zero-order valence-corrected chi connectivity index (χ0v) is 18.0. The number of nitriles is 1. The molecule has 31 heavy (non-hydrogen) atoms. The molecule has 0 aliphatic carbocycles. The van der Waals surface area contributed by atoms with Crippen molar-refractivity contribution in [1.29, 1.82) is 5.26 Å². The predicted molar refractivity (Wildman–Crippen MR) is 119 cm³/mol. The van der Waals surface area contributed by atoms with Crippen LogP contribution in [0.3, 0.4) is 0 Å². The van der Waals surface area contributed by atoms with Crippen LogP contribution in [0, 0.1) is 32.1 Å². The standard InChI is InChI=1S/C25H25N3O3/c1-18-5-11-22(12-6-18)27(16-4-15-26)24(29)17-31-25(30)21-9-13-23(14-10-21)28-19(2)7-8-20(28)3/h5-14H,4,16-17H2,1-3H3. The molecule has 0 spiro atoms. The predicted octanol–water partition coefficient (Wildman–Crippen LogP) is 4.51. The average molecular weight is 415 g/mol. The fourth-order valence-corrected chi connectivity index (χ4v) is 3.40. The van der Waals surface area contributed by atoms with Crippen LogP contribution in [0.25, 0.3) is 5.69 Å². The topological polar surface area (TPSA) is 75.3 Å². The zero-order valence-electron chi connectivity index (χ0n) is 18.0. The second kappa shape index (κ2) is 9.77. The summed E-state index contributed by atoms with van der Waals surface area (Å²) in [6, 6.07) is 20.6. The number of benzene rings is 2. The Labute approximate surface area is 182 Å². The lowest BCUT2D eigenvalue weighted by Gasteiger charge is -2.21. The minimum Gasteiger partial charge on any atom is -0.452 e. The highest BCUT2D eigenvalue weighted by molar-refractivity contribution is 5.97.